The van der Waals surface area contributed by atoms with Crippen molar-refractivity contribution >= 4 is 5.69 Å². The van der Waals surface area contributed by atoms with Gasteiger partial charge in [-0.05, 0) is 35.7 Å². The smallest absolute Gasteiger partial charge is 0.128 e. The number of hydrogen-bond donors (Lipinski definition) is 1. The molecule has 0 amide bonds. The number of hydrogen-bond acceptors (Lipinski definition) is 2. The monoisotopic (exact) mass is 256 g/mol. The lowest BCUT2D eigenvalue weighted by molar-refractivity contribution is 0.604. The van der Waals surface area contributed by atoms with Crippen LogP contribution in [0.1, 0.15) is 16.7 Å². The number of benzene rings is 2. The molecule has 3 rings (SSSR count). The number of halogens is 1. The molecule has 1 heterocycles. The molecule has 1 aliphatic rings. The average molecular weight is 256 g/mol. The normalized spacial score (nSPS) is 13.7. The number of fused-ring (bicyclic) bond motifs is 1. The molecule has 0 fully saturated rings. The van der Waals surface area contributed by atoms with Crippen LogP contribution >= 0.6 is 0 Å². The molecule has 2 aromatic rings. The van der Waals surface area contributed by atoms with E-state index in [1.807, 2.05) is 12.1 Å². The molecule has 2 aromatic carbocycles. The molecule has 1 aliphatic heterocycles. The molecule has 19 heavy (non-hydrogen) atoms. The molecule has 0 aliphatic carbocycles. The van der Waals surface area contributed by atoms with Crippen LogP contribution in [0.15, 0.2) is 42.5 Å². The van der Waals surface area contributed by atoms with Crippen molar-refractivity contribution in [2.75, 3.05) is 11.4 Å². The first-order valence-electron chi connectivity index (χ1n) is 6.58. The van der Waals surface area contributed by atoms with Crippen molar-refractivity contribution in [1.82, 2.24) is 0 Å². The molecular formula is C16H17FN2. The zero-order chi connectivity index (χ0) is 13.2. The van der Waals surface area contributed by atoms with Gasteiger partial charge in [0.15, 0.2) is 0 Å². The lowest BCUT2D eigenvalue weighted by atomic mass is 10.1. The first-order valence-corrected chi connectivity index (χ1v) is 6.58. The zero-order valence-electron chi connectivity index (χ0n) is 10.8. The third kappa shape index (κ3) is 2.34. The fourth-order valence-corrected chi connectivity index (χ4v) is 2.65. The van der Waals surface area contributed by atoms with Gasteiger partial charge in [0.2, 0.25) is 0 Å². The van der Waals surface area contributed by atoms with Gasteiger partial charge >= 0.3 is 0 Å². The summed E-state index contributed by atoms with van der Waals surface area (Å²) in [6.07, 6.45) is 1.04. The Balaban J connectivity index is 1.87. The Bertz CT molecular complexity index is 595. The molecule has 2 nitrogen and oxygen atoms in total. The van der Waals surface area contributed by atoms with Crippen molar-refractivity contribution in [2.24, 2.45) is 5.73 Å². The van der Waals surface area contributed by atoms with Crippen LogP contribution in [0, 0.1) is 5.82 Å². The van der Waals surface area contributed by atoms with Gasteiger partial charge in [-0.1, -0.05) is 24.3 Å². The van der Waals surface area contributed by atoms with Gasteiger partial charge < -0.3 is 10.6 Å². The molecule has 0 atom stereocenters. The zero-order valence-corrected chi connectivity index (χ0v) is 10.8. The number of nitrogens with zero attached hydrogens (tertiary/aromatic N) is 1. The molecule has 0 saturated heterocycles. The van der Waals surface area contributed by atoms with Gasteiger partial charge in [0.25, 0.3) is 0 Å². The summed E-state index contributed by atoms with van der Waals surface area (Å²) < 4.78 is 13.9. The third-order valence-electron chi connectivity index (χ3n) is 3.69. The van der Waals surface area contributed by atoms with Gasteiger partial charge in [0, 0.05) is 30.9 Å². The van der Waals surface area contributed by atoms with E-state index in [-0.39, 0.29) is 5.82 Å². The quantitative estimate of drug-likeness (QED) is 0.915. The minimum absolute atomic E-state index is 0.151. The van der Waals surface area contributed by atoms with Gasteiger partial charge in [-0.2, -0.15) is 0 Å². The predicted molar refractivity (Wildman–Crippen MR) is 75.5 cm³/mol. The highest BCUT2D eigenvalue weighted by Gasteiger charge is 2.19. The molecule has 98 valence electrons. The van der Waals surface area contributed by atoms with Crippen molar-refractivity contribution in [1.29, 1.82) is 0 Å². The van der Waals surface area contributed by atoms with E-state index >= 15 is 0 Å². The van der Waals surface area contributed by atoms with E-state index in [0.717, 1.165) is 24.1 Å². The molecule has 0 unspecified atom stereocenters. The van der Waals surface area contributed by atoms with Gasteiger partial charge in [-0.25, -0.2) is 4.39 Å². The number of para-hydroxylation sites is 1. The number of nitrogens with two attached hydrogens (primary N) is 1. The molecule has 3 heteroatoms. The van der Waals surface area contributed by atoms with Crippen LogP contribution in [-0.2, 0) is 19.5 Å². The Morgan fingerprint density at radius 1 is 1.16 bits per heavy atom. The summed E-state index contributed by atoms with van der Waals surface area (Å²) in [7, 11) is 0. The second kappa shape index (κ2) is 5.02. The van der Waals surface area contributed by atoms with E-state index in [1.165, 1.54) is 17.3 Å². The summed E-state index contributed by atoms with van der Waals surface area (Å²) in [6.45, 7) is 2.01. The fraction of sp³-hybridized carbons (Fsp3) is 0.250. The summed E-state index contributed by atoms with van der Waals surface area (Å²) in [5, 5.41) is 0. The summed E-state index contributed by atoms with van der Waals surface area (Å²) in [4.78, 5) is 2.23. The molecule has 0 saturated carbocycles. The summed E-state index contributed by atoms with van der Waals surface area (Å²) in [5.74, 6) is -0.151. The van der Waals surface area contributed by atoms with Gasteiger partial charge in [0.05, 0.1) is 0 Å². The van der Waals surface area contributed by atoms with Gasteiger partial charge in [-0.3, -0.25) is 0 Å². The maximum absolute atomic E-state index is 13.9. The second-order valence-electron chi connectivity index (χ2n) is 4.93. The highest BCUT2D eigenvalue weighted by molar-refractivity contribution is 5.58. The minimum Gasteiger partial charge on any atom is -0.367 e. The molecule has 0 aromatic heterocycles. The standard InChI is InChI=1S/C16H17FN2/c17-15-6-5-12(10-18)9-14(15)11-19-8-7-13-3-1-2-4-16(13)19/h1-6,9H,7-8,10-11,18H2. The van der Waals surface area contributed by atoms with Crippen LogP contribution in [0.3, 0.4) is 0 Å². The van der Waals surface area contributed by atoms with E-state index in [9.17, 15) is 4.39 Å². The van der Waals surface area contributed by atoms with E-state index in [4.69, 9.17) is 5.73 Å². The predicted octanol–water partition coefficient (Wildman–Crippen LogP) is 2.85. The highest BCUT2D eigenvalue weighted by atomic mass is 19.1. The first kappa shape index (κ1) is 12.2. The topological polar surface area (TPSA) is 29.3 Å². The van der Waals surface area contributed by atoms with Crippen LogP contribution in [0.5, 0.6) is 0 Å². The van der Waals surface area contributed by atoms with E-state index in [0.29, 0.717) is 13.1 Å². The number of anilines is 1. The fourth-order valence-electron chi connectivity index (χ4n) is 2.65. The highest BCUT2D eigenvalue weighted by Crippen LogP contribution is 2.29. The summed E-state index contributed by atoms with van der Waals surface area (Å²) in [5.41, 5.74) is 9.88. The molecule has 0 radical (unpaired) electrons. The third-order valence-corrected chi connectivity index (χ3v) is 3.69. The van der Waals surface area contributed by atoms with E-state index in [1.54, 1.807) is 6.07 Å². The van der Waals surface area contributed by atoms with Gasteiger partial charge in [0.1, 0.15) is 5.82 Å². The van der Waals surface area contributed by atoms with Crippen molar-refractivity contribution in [2.45, 2.75) is 19.5 Å². The van der Waals surface area contributed by atoms with Crippen LogP contribution in [0.2, 0.25) is 0 Å². The molecular weight excluding hydrogens is 239 g/mol. The van der Waals surface area contributed by atoms with Crippen LogP contribution in [0.25, 0.3) is 0 Å². The average Bonchev–Trinajstić information content (AvgIpc) is 2.85. The van der Waals surface area contributed by atoms with E-state index < -0.39 is 0 Å². The second-order valence-corrected chi connectivity index (χ2v) is 4.93. The van der Waals surface area contributed by atoms with Crippen LogP contribution in [-0.4, -0.2) is 6.54 Å². The maximum atomic E-state index is 13.9. The van der Waals surface area contributed by atoms with Gasteiger partial charge in [-0.15, -0.1) is 0 Å². The van der Waals surface area contributed by atoms with E-state index in [2.05, 4.69) is 23.1 Å². The van der Waals surface area contributed by atoms with Crippen LogP contribution < -0.4 is 10.6 Å². The molecule has 2 N–H and O–H groups in total. The lowest BCUT2D eigenvalue weighted by Gasteiger charge is -2.20. The van der Waals surface area contributed by atoms with Crippen molar-refractivity contribution in [3.8, 4) is 0 Å². The number of rotatable bonds is 3. The summed E-state index contributed by atoms with van der Waals surface area (Å²) >= 11 is 0. The van der Waals surface area contributed by atoms with Crippen molar-refractivity contribution < 1.29 is 4.39 Å². The Morgan fingerprint density at radius 2 is 2.00 bits per heavy atom. The SMILES string of the molecule is NCc1ccc(F)c(CN2CCc3ccccc32)c1. The Kier molecular flexibility index (Phi) is 3.22. The van der Waals surface area contributed by atoms with Crippen molar-refractivity contribution in [3.05, 3.63) is 65.0 Å². The Morgan fingerprint density at radius 3 is 2.84 bits per heavy atom. The molecule has 0 spiro atoms. The minimum atomic E-state index is -0.151. The Labute approximate surface area is 112 Å². The first-order chi connectivity index (χ1) is 9.28. The van der Waals surface area contributed by atoms with Crippen molar-refractivity contribution in [3.63, 3.8) is 0 Å². The Hall–Kier alpha value is -1.87. The maximum Gasteiger partial charge on any atom is 0.128 e. The summed E-state index contributed by atoms with van der Waals surface area (Å²) in [6, 6.07) is 13.5. The lowest BCUT2D eigenvalue weighted by Crippen LogP contribution is -2.20. The largest absolute Gasteiger partial charge is 0.367 e. The van der Waals surface area contributed by atoms with Crippen LogP contribution in [0.4, 0.5) is 10.1 Å². The molecule has 0 bridgehead atoms.